The van der Waals surface area contributed by atoms with E-state index in [-0.39, 0.29) is 46.7 Å². The molecule has 1 heterocycles. The van der Waals surface area contributed by atoms with Gasteiger partial charge in [-0.1, -0.05) is 24.3 Å². The zero-order valence-electron chi connectivity index (χ0n) is 12.3. The number of aromatic carboxylic acids is 1. The van der Waals surface area contributed by atoms with Crippen LogP contribution in [0.4, 0.5) is 5.69 Å². The third-order valence-electron chi connectivity index (χ3n) is 6.04. The number of anilines is 1. The number of para-hydroxylation sites is 1. The Hall–Kier alpha value is -2.43. The molecule has 5 heteroatoms. The monoisotopic (exact) mass is 309 g/mol. The van der Waals surface area contributed by atoms with Crippen molar-refractivity contribution in [3.05, 3.63) is 42.0 Å². The zero-order valence-corrected chi connectivity index (χ0v) is 12.3. The van der Waals surface area contributed by atoms with Gasteiger partial charge in [-0.05, 0) is 42.2 Å². The minimum Gasteiger partial charge on any atom is -0.478 e. The van der Waals surface area contributed by atoms with E-state index >= 15 is 0 Å². The van der Waals surface area contributed by atoms with E-state index in [4.69, 9.17) is 0 Å². The number of carboxylic acid groups (broad SMARTS) is 1. The Morgan fingerprint density at radius 2 is 1.57 bits per heavy atom. The molecule has 1 aliphatic heterocycles. The summed E-state index contributed by atoms with van der Waals surface area (Å²) in [4.78, 5) is 38.5. The quantitative estimate of drug-likeness (QED) is 0.669. The van der Waals surface area contributed by atoms with Crippen LogP contribution in [0.3, 0.4) is 0 Å². The highest BCUT2D eigenvalue weighted by Crippen LogP contribution is 2.65. The number of amides is 2. The standard InChI is InChI=1S/C18H15NO4/c20-16-14-8-5-6-9(12-7-11(8)12)15(14)17(21)19(16)13-4-2-1-3-10(13)18(22)23/h1-6,8-9,11-12,14-15H,7H2,(H,22,23)/t8-,9-,11+,12+,14-,15+/m1/s1. The van der Waals surface area contributed by atoms with Crippen LogP contribution in [-0.4, -0.2) is 22.9 Å². The summed E-state index contributed by atoms with van der Waals surface area (Å²) in [5, 5.41) is 9.36. The molecule has 5 aliphatic rings. The van der Waals surface area contributed by atoms with E-state index in [1.54, 1.807) is 18.2 Å². The first-order valence-corrected chi connectivity index (χ1v) is 7.98. The largest absolute Gasteiger partial charge is 0.478 e. The summed E-state index contributed by atoms with van der Waals surface area (Å²) in [6, 6.07) is 6.25. The minimum atomic E-state index is -1.12. The fraction of sp³-hybridized carbons (Fsp3) is 0.389. The average Bonchev–Trinajstić information content (AvgIpc) is 3.32. The van der Waals surface area contributed by atoms with Crippen molar-refractivity contribution in [2.75, 3.05) is 4.90 Å². The summed E-state index contributed by atoms with van der Waals surface area (Å²) in [6.45, 7) is 0. The molecule has 6 rings (SSSR count). The van der Waals surface area contributed by atoms with Crippen molar-refractivity contribution in [2.24, 2.45) is 35.5 Å². The molecule has 0 radical (unpaired) electrons. The Bertz CT molecular complexity index is 762. The van der Waals surface area contributed by atoms with Crippen molar-refractivity contribution in [3.8, 4) is 0 Å². The number of nitrogens with zero attached hydrogens (tertiary/aromatic N) is 1. The smallest absolute Gasteiger partial charge is 0.337 e. The number of rotatable bonds is 2. The van der Waals surface area contributed by atoms with Crippen molar-refractivity contribution in [2.45, 2.75) is 6.42 Å². The minimum absolute atomic E-state index is 0.00156. The zero-order chi connectivity index (χ0) is 15.9. The number of allylic oxidation sites excluding steroid dienone is 2. The maximum Gasteiger partial charge on any atom is 0.337 e. The molecule has 2 bridgehead atoms. The van der Waals surface area contributed by atoms with Crippen molar-refractivity contribution in [1.82, 2.24) is 0 Å². The number of benzene rings is 1. The Kier molecular flexibility index (Phi) is 2.33. The van der Waals surface area contributed by atoms with Gasteiger partial charge in [-0.3, -0.25) is 9.59 Å². The highest BCUT2D eigenvalue weighted by molar-refractivity contribution is 6.24. The van der Waals surface area contributed by atoms with E-state index in [1.807, 2.05) is 0 Å². The fourth-order valence-electron chi connectivity index (χ4n) is 5.04. The summed E-state index contributed by atoms with van der Waals surface area (Å²) in [7, 11) is 0. The van der Waals surface area contributed by atoms with Crippen LogP contribution in [0.2, 0.25) is 0 Å². The second-order valence-electron chi connectivity index (χ2n) is 6.99. The van der Waals surface area contributed by atoms with Gasteiger partial charge in [-0.2, -0.15) is 0 Å². The van der Waals surface area contributed by atoms with Crippen molar-refractivity contribution < 1.29 is 19.5 Å². The van der Waals surface area contributed by atoms with E-state index in [0.717, 1.165) is 11.3 Å². The molecule has 0 unspecified atom stereocenters. The lowest BCUT2D eigenvalue weighted by Gasteiger charge is -2.37. The lowest BCUT2D eigenvalue weighted by atomic mass is 9.63. The second-order valence-corrected chi connectivity index (χ2v) is 6.99. The van der Waals surface area contributed by atoms with Gasteiger partial charge < -0.3 is 5.11 Å². The molecule has 1 saturated heterocycles. The molecule has 3 fully saturated rings. The van der Waals surface area contributed by atoms with Crippen LogP contribution in [0.25, 0.3) is 0 Å². The third kappa shape index (κ3) is 1.49. The highest BCUT2D eigenvalue weighted by Gasteiger charge is 2.67. The molecular formula is C18H15NO4. The second kappa shape index (κ2) is 4.10. The van der Waals surface area contributed by atoms with Gasteiger partial charge in [-0.15, -0.1) is 0 Å². The number of hydrogen-bond donors (Lipinski definition) is 1. The lowest BCUT2D eigenvalue weighted by molar-refractivity contribution is -0.124. The highest BCUT2D eigenvalue weighted by atomic mass is 16.4. The molecule has 5 nitrogen and oxygen atoms in total. The average molecular weight is 309 g/mol. The fourth-order valence-corrected chi connectivity index (χ4v) is 5.04. The van der Waals surface area contributed by atoms with Gasteiger partial charge in [0.25, 0.3) is 0 Å². The topological polar surface area (TPSA) is 74.7 Å². The van der Waals surface area contributed by atoms with Crippen LogP contribution in [0.15, 0.2) is 36.4 Å². The Labute approximate surface area is 132 Å². The molecule has 1 aromatic carbocycles. The van der Waals surface area contributed by atoms with Crippen molar-refractivity contribution >= 4 is 23.5 Å². The van der Waals surface area contributed by atoms with Crippen molar-refractivity contribution in [1.29, 1.82) is 0 Å². The van der Waals surface area contributed by atoms with Gasteiger partial charge in [0.2, 0.25) is 11.8 Å². The van der Waals surface area contributed by atoms with Gasteiger partial charge in [0.05, 0.1) is 23.1 Å². The number of imide groups is 1. The Balaban J connectivity index is 1.61. The van der Waals surface area contributed by atoms with E-state index in [0.29, 0.717) is 11.8 Å². The van der Waals surface area contributed by atoms with Gasteiger partial charge in [0.1, 0.15) is 0 Å². The molecule has 0 spiro atoms. The maximum atomic E-state index is 13.0. The lowest BCUT2D eigenvalue weighted by Crippen LogP contribution is -2.40. The number of hydrogen-bond acceptors (Lipinski definition) is 3. The molecule has 0 aromatic heterocycles. The normalized spacial score (nSPS) is 39.4. The van der Waals surface area contributed by atoms with Gasteiger partial charge in [-0.25, -0.2) is 9.69 Å². The predicted octanol–water partition coefficient (Wildman–Crippen LogP) is 1.94. The molecule has 2 saturated carbocycles. The van der Waals surface area contributed by atoms with Crippen LogP contribution in [-0.2, 0) is 9.59 Å². The summed E-state index contributed by atoms with van der Waals surface area (Å²) in [5.74, 6) is -0.805. The van der Waals surface area contributed by atoms with Gasteiger partial charge in [0, 0.05) is 0 Å². The van der Waals surface area contributed by atoms with Gasteiger partial charge in [0.15, 0.2) is 0 Å². The SMILES string of the molecule is O=C(O)c1ccccc1N1C(=O)[C@@H]2[C@@H]3C=C[C@H]([C@@H]4C[C@@H]34)[C@@H]2C1=O. The predicted molar refractivity (Wildman–Crippen MR) is 80.6 cm³/mol. The molecular weight excluding hydrogens is 294 g/mol. The number of carbonyl (C=O) groups excluding carboxylic acids is 2. The van der Waals surface area contributed by atoms with Crippen LogP contribution in [0.5, 0.6) is 0 Å². The molecule has 6 atom stereocenters. The molecule has 116 valence electrons. The number of carboxylic acids is 1. The summed E-state index contributed by atoms with van der Waals surface area (Å²) in [6.07, 6.45) is 5.33. The summed E-state index contributed by atoms with van der Waals surface area (Å²) < 4.78 is 0. The van der Waals surface area contributed by atoms with Crippen molar-refractivity contribution in [3.63, 3.8) is 0 Å². The summed E-state index contributed by atoms with van der Waals surface area (Å²) >= 11 is 0. The summed E-state index contributed by atoms with van der Waals surface area (Å²) in [5.41, 5.74) is 0.204. The van der Waals surface area contributed by atoms with Gasteiger partial charge >= 0.3 is 5.97 Å². The van der Waals surface area contributed by atoms with E-state index in [9.17, 15) is 19.5 Å². The van der Waals surface area contributed by atoms with E-state index < -0.39 is 5.97 Å². The Morgan fingerprint density at radius 3 is 2.13 bits per heavy atom. The first kappa shape index (κ1) is 13.0. The maximum absolute atomic E-state index is 13.0. The van der Waals surface area contributed by atoms with E-state index in [2.05, 4.69) is 12.2 Å². The molecule has 1 aromatic rings. The first-order valence-electron chi connectivity index (χ1n) is 7.98. The molecule has 2 amide bonds. The molecule has 23 heavy (non-hydrogen) atoms. The molecule has 4 aliphatic carbocycles. The number of carbonyl (C=O) groups is 3. The third-order valence-corrected chi connectivity index (χ3v) is 6.04. The van der Waals surface area contributed by atoms with Crippen LogP contribution in [0.1, 0.15) is 16.8 Å². The molecule has 1 N–H and O–H groups in total. The van der Waals surface area contributed by atoms with Crippen LogP contribution < -0.4 is 4.90 Å². The van der Waals surface area contributed by atoms with E-state index in [1.165, 1.54) is 6.07 Å². The Morgan fingerprint density at radius 1 is 1.00 bits per heavy atom. The van der Waals surface area contributed by atoms with Crippen LogP contribution in [0, 0.1) is 35.5 Å². The first-order chi connectivity index (χ1) is 11.1. The van der Waals surface area contributed by atoms with Crippen LogP contribution >= 0.6 is 0 Å².